The van der Waals surface area contributed by atoms with Crippen LogP contribution in [0.5, 0.6) is 0 Å². The number of benzene rings is 2. The fourth-order valence-corrected chi connectivity index (χ4v) is 4.78. The Balaban J connectivity index is 1.49. The van der Waals surface area contributed by atoms with Crippen molar-refractivity contribution < 1.29 is 13.6 Å². The molecule has 4 aromatic heterocycles. The molecule has 4 heterocycles. The van der Waals surface area contributed by atoms with Gasteiger partial charge in [0.1, 0.15) is 22.7 Å². The number of carbonyl (C=O) groups excluding carboxylic acids is 1. The zero-order valence-corrected chi connectivity index (χ0v) is 22.3. The van der Waals surface area contributed by atoms with E-state index in [-0.39, 0.29) is 22.1 Å². The van der Waals surface area contributed by atoms with Gasteiger partial charge < -0.3 is 9.73 Å². The lowest BCUT2D eigenvalue weighted by Crippen LogP contribution is -2.28. The van der Waals surface area contributed by atoms with E-state index in [1.54, 1.807) is 74.6 Å². The Morgan fingerprint density at radius 1 is 1.12 bits per heavy atom. The molecule has 0 spiro atoms. The average molecular weight is 547 g/mol. The van der Waals surface area contributed by atoms with Crippen molar-refractivity contribution in [3.8, 4) is 23.0 Å². The summed E-state index contributed by atoms with van der Waals surface area (Å²) < 4.78 is 23.3. The summed E-state index contributed by atoms with van der Waals surface area (Å²) >= 11 is 0. The lowest BCUT2D eigenvalue weighted by molar-refractivity contribution is 0.0936. The number of rotatable bonds is 4. The van der Waals surface area contributed by atoms with Crippen molar-refractivity contribution in [3.05, 3.63) is 118 Å². The monoisotopic (exact) mass is 546 g/mol. The molecule has 0 saturated carbocycles. The fraction of sp³-hybridized carbons (Fsp3) is 0.129. The molecule has 0 bridgehead atoms. The summed E-state index contributed by atoms with van der Waals surface area (Å²) in [5.74, 6) is 5.45. The lowest BCUT2D eigenvalue weighted by Gasteiger charge is -2.18. The highest BCUT2D eigenvalue weighted by atomic mass is 19.1. The van der Waals surface area contributed by atoms with Crippen molar-refractivity contribution in [1.29, 1.82) is 0 Å². The topological polar surface area (TPSA) is 107 Å². The Labute approximate surface area is 233 Å². The van der Waals surface area contributed by atoms with E-state index in [1.807, 2.05) is 0 Å². The molecule has 0 aliphatic rings. The van der Waals surface area contributed by atoms with Gasteiger partial charge in [-0.15, -0.1) is 0 Å². The third kappa shape index (κ3) is 4.74. The maximum absolute atomic E-state index is 14.1. The number of aromatic nitrogens is 5. The van der Waals surface area contributed by atoms with E-state index in [0.717, 1.165) is 0 Å². The SMILES string of the molecule is Cc1nn2cccnc2c1C(=O)NC(C)c1oc2cccc(C#Cc3cnn(C)c3)c2c(=O)c1-c1ccc(F)cc1. The maximum Gasteiger partial charge on any atom is 0.257 e. The molecule has 0 aliphatic heterocycles. The number of hydrogen-bond donors (Lipinski definition) is 1. The third-order valence-corrected chi connectivity index (χ3v) is 6.66. The predicted octanol–water partition coefficient (Wildman–Crippen LogP) is 4.57. The third-order valence-electron chi connectivity index (χ3n) is 6.66. The second kappa shape index (κ2) is 10.2. The number of hydrogen-bond acceptors (Lipinski definition) is 6. The first-order valence-corrected chi connectivity index (χ1v) is 12.8. The molecular formula is C31H23FN6O3. The van der Waals surface area contributed by atoms with Crippen LogP contribution in [0.1, 0.15) is 45.9 Å². The number of carbonyl (C=O) groups is 1. The molecule has 10 heteroatoms. The average Bonchev–Trinajstić information content (AvgIpc) is 3.53. The van der Waals surface area contributed by atoms with Crippen LogP contribution in [0, 0.1) is 24.6 Å². The highest BCUT2D eigenvalue weighted by Crippen LogP contribution is 2.30. The van der Waals surface area contributed by atoms with E-state index in [9.17, 15) is 14.0 Å². The number of aryl methyl sites for hydroxylation is 2. The van der Waals surface area contributed by atoms with Gasteiger partial charge in [-0.2, -0.15) is 10.2 Å². The summed E-state index contributed by atoms with van der Waals surface area (Å²) in [4.78, 5) is 31.9. The summed E-state index contributed by atoms with van der Waals surface area (Å²) in [6.07, 6.45) is 6.70. The van der Waals surface area contributed by atoms with Crippen LogP contribution < -0.4 is 10.7 Å². The van der Waals surface area contributed by atoms with Crippen LogP contribution in [-0.4, -0.2) is 30.3 Å². The molecule has 6 rings (SSSR count). The molecule has 2 aromatic carbocycles. The largest absolute Gasteiger partial charge is 0.458 e. The summed E-state index contributed by atoms with van der Waals surface area (Å²) in [5, 5.41) is 11.7. The molecule has 1 unspecified atom stereocenters. The Morgan fingerprint density at radius 2 is 1.93 bits per heavy atom. The second-order valence-electron chi connectivity index (χ2n) is 9.55. The van der Waals surface area contributed by atoms with Gasteiger partial charge in [0, 0.05) is 31.2 Å². The molecule has 1 N–H and O–H groups in total. The van der Waals surface area contributed by atoms with Gasteiger partial charge in [0.2, 0.25) is 5.43 Å². The van der Waals surface area contributed by atoms with Crippen LogP contribution in [0.15, 0.2) is 82.5 Å². The van der Waals surface area contributed by atoms with Crippen molar-refractivity contribution in [2.75, 3.05) is 0 Å². The van der Waals surface area contributed by atoms with Crippen LogP contribution >= 0.6 is 0 Å². The van der Waals surface area contributed by atoms with Gasteiger partial charge in [0.25, 0.3) is 5.91 Å². The van der Waals surface area contributed by atoms with E-state index < -0.39 is 17.8 Å². The molecule has 41 heavy (non-hydrogen) atoms. The highest BCUT2D eigenvalue weighted by Gasteiger charge is 2.26. The van der Waals surface area contributed by atoms with Crippen molar-refractivity contribution in [2.45, 2.75) is 19.9 Å². The quantitative estimate of drug-likeness (QED) is 0.325. The maximum atomic E-state index is 14.1. The first-order chi connectivity index (χ1) is 19.8. The normalized spacial score (nSPS) is 11.8. The lowest BCUT2D eigenvalue weighted by atomic mass is 9.97. The standard InChI is InChI=1S/C31H23FN6O3/c1-18-25(30-33-14-5-15-38(30)36-18)31(40)35-19(2)29-27(22-10-12-23(32)13-11-22)28(39)26-21(6-4-7-24(26)41-29)9-8-20-16-34-37(3)17-20/h4-7,10-17,19H,1-3H3,(H,35,40). The first kappa shape index (κ1) is 25.7. The van der Waals surface area contributed by atoms with Crippen LogP contribution in [0.25, 0.3) is 27.7 Å². The summed E-state index contributed by atoms with van der Waals surface area (Å²) in [6, 6.07) is 11.7. The summed E-state index contributed by atoms with van der Waals surface area (Å²) in [7, 11) is 1.79. The van der Waals surface area contributed by atoms with Crippen LogP contribution in [-0.2, 0) is 7.05 Å². The second-order valence-corrected chi connectivity index (χ2v) is 9.55. The molecule has 1 atom stereocenters. The Hall–Kier alpha value is -5.56. The Bertz CT molecular complexity index is 2080. The summed E-state index contributed by atoms with van der Waals surface area (Å²) in [5.41, 5.74) is 3.00. The van der Waals surface area contributed by atoms with Gasteiger partial charge in [-0.1, -0.05) is 30.0 Å². The Morgan fingerprint density at radius 3 is 2.68 bits per heavy atom. The molecule has 9 nitrogen and oxygen atoms in total. The first-order valence-electron chi connectivity index (χ1n) is 12.8. The van der Waals surface area contributed by atoms with Gasteiger partial charge in [0.15, 0.2) is 5.65 Å². The van der Waals surface area contributed by atoms with E-state index in [1.165, 1.54) is 28.8 Å². The van der Waals surface area contributed by atoms with Crippen LogP contribution in [0.4, 0.5) is 4.39 Å². The van der Waals surface area contributed by atoms with Crippen molar-refractivity contribution in [1.82, 2.24) is 29.7 Å². The zero-order chi connectivity index (χ0) is 28.7. The molecule has 6 aromatic rings. The van der Waals surface area contributed by atoms with E-state index in [4.69, 9.17) is 4.42 Å². The fourth-order valence-electron chi connectivity index (χ4n) is 4.78. The minimum atomic E-state index is -0.747. The van der Waals surface area contributed by atoms with E-state index in [0.29, 0.717) is 39.2 Å². The van der Waals surface area contributed by atoms with Gasteiger partial charge in [-0.25, -0.2) is 13.9 Å². The van der Waals surface area contributed by atoms with Gasteiger partial charge in [0.05, 0.1) is 34.4 Å². The smallest absolute Gasteiger partial charge is 0.257 e. The van der Waals surface area contributed by atoms with E-state index in [2.05, 4.69) is 32.3 Å². The minimum absolute atomic E-state index is 0.204. The van der Waals surface area contributed by atoms with Gasteiger partial charge >= 0.3 is 0 Å². The number of nitrogens with zero attached hydrogens (tertiary/aromatic N) is 5. The Kier molecular flexibility index (Phi) is 6.40. The molecular weight excluding hydrogens is 523 g/mol. The number of nitrogens with one attached hydrogen (secondary N) is 1. The molecule has 0 saturated heterocycles. The molecule has 0 aliphatic carbocycles. The zero-order valence-electron chi connectivity index (χ0n) is 22.3. The van der Waals surface area contributed by atoms with Crippen molar-refractivity contribution in [2.24, 2.45) is 7.05 Å². The highest BCUT2D eigenvalue weighted by molar-refractivity contribution is 6.01. The minimum Gasteiger partial charge on any atom is -0.458 e. The predicted molar refractivity (Wildman–Crippen MR) is 151 cm³/mol. The van der Waals surface area contributed by atoms with Gasteiger partial charge in [-0.3, -0.25) is 14.3 Å². The van der Waals surface area contributed by atoms with Gasteiger partial charge in [-0.05, 0) is 49.7 Å². The van der Waals surface area contributed by atoms with Crippen molar-refractivity contribution >= 4 is 22.5 Å². The van der Waals surface area contributed by atoms with Crippen molar-refractivity contribution in [3.63, 3.8) is 0 Å². The number of halogens is 1. The molecule has 202 valence electrons. The molecule has 1 amide bonds. The van der Waals surface area contributed by atoms with Crippen LogP contribution in [0.3, 0.4) is 0 Å². The molecule has 0 fully saturated rings. The van der Waals surface area contributed by atoms with Crippen LogP contribution in [0.2, 0.25) is 0 Å². The number of fused-ring (bicyclic) bond motifs is 2. The van der Waals surface area contributed by atoms with E-state index >= 15 is 0 Å². The molecule has 0 radical (unpaired) electrons. The number of amides is 1. The summed E-state index contributed by atoms with van der Waals surface area (Å²) in [6.45, 7) is 3.44.